The minimum Gasteiger partial charge on any atom is -0.316 e. The number of halogens is 1. The number of aromatic nitrogens is 1. The number of likely N-dealkylation sites (N-methyl/N-ethyl adjacent to an activating group) is 1. The lowest BCUT2D eigenvalue weighted by atomic mass is 10.0. The van der Waals surface area contributed by atoms with E-state index in [1.54, 1.807) is 0 Å². The van der Waals surface area contributed by atoms with Gasteiger partial charge >= 0.3 is 0 Å². The summed E-state index contributed by atoms with van der Waals surface area (Å²) in [5.41, 5.74) is 1.18. The molecule has 0 radical (unpaired) electrons. The molecular formula is C12H17BrN2S. The van der Waals surface area contributed by atoms with Crippen LogP contribution in [0.25, 0.3) is 0 Å². The van der Waals surface area contributed by atoms with Gasteiger partial charge in [-0.3, -0.25) is 4.98 Å². The molecular weight excluding hydrogens is 284 g/mol. The summed E-state index contributed by atoms with van der Waals surface area (Å²) in [6.45, 7) is 0. The molecule has 1 aliphatic rings. The molecule has 1 aromatic heterocycles. The zero-order valence-electron chi connectivity index (χ0n) is 9.45. The molecule has 0 saturated carbocycles. The van der Waals surface area contributed by atoms with Gasteiger partial charge in [0, 0.05) is 34.1 Å². The number of hydrogen-bond donors (Lipinski definition) is 1. The molecule has 1 N–H and O–H groups in total. The third kappa shape index (κ3) is 3.22. The Morgan fingerprint density at radius 1 is 1.62 bits per heavy atom. The monoisotopic (exact) mass is 300 g/mol. The number of pyridine rings is 1. The summed E-state index contributed by atoms with van der Waals surface area (Å²) in [6, 6.07) is 4.73. The molecule has 2 nitrogen and oxygen atoms in total. The Morgan fingerprint density at radius 3 is 3.06 bits per heavy atom. The maximum atomic E-state index is 4.44. The fourth-order valence-corrected chi connectivity index (χ4v) is 3.76. The molecule has 2 atom stereocenters. The van der Waals surface area contributed by atoms with E-state index in [0.717, 1.165) is 16.1 Å². The number of nitrogens with one attached hydrogen (secondary N) is 1. The Balaban J connectivity index is 1.97. The van der Waals surface area contributed by atoms with Crippen molar-refractivity contribution in [2.24, 2.45) is 0 Å². The molecule has 1 aliphatic heterocycles. The van der Waals surface area contributed by atoms with E-state index >= 15 is 0 Å². The summed E-state index contributed by atoms with van der Waals surface area (Å²) >= 11 is 5.51. The van der Waals surface area contributed by atoms with Crippen LogP contribution >= 0.6 is 27.7 Å². The van der Waals surface area contributed by atoms with Crippen molar-refractivity contribution in [1.29, 1.82) is 0 Å². The van der Waals surface area contributed by atoms with Gasteiger partial charge in [-0.2, -0.15) is 11.8 Å². The summed E-state index contributed by atoms with van der Waals surface area (Å²) in [6.07, 6.45) is 5.61. The molecule has 0 bridgehead atoms. The smallest absolute Gasteiger partial charge is 0.0420 e. The molecule has 0 amide bonds. The number of nitrogens with zero attached hydrogens (tertiary/aromatic N) is 1. The van der Waals surface area contributed by atoms with Crippen LogP contribution in [-0.2, 0) is 6.42 Å². The van der Waals surface area contributed by atoms with E-state index in [0.29, 0.717) is 6.04 Å². The number of thioether (sulfide) groups is 1. The van der Waals surface area contributed by atoms with Crippen molar-refractivity contribution >= 4 is 27.7 Å². The molecule has 2 rings (SSSR count). The predicted octanol–water partition coefficient (Wildman–Crippen LogP) is 2.87. The van der Waals surface area contributed by atoms with Crippen molar-refractivity contribution < 1.29 is 0 Å². The standard InChI is InChI=1S/C12H17BrN2S/c1-14-11(12-3-2-6-16-12)7-10-5-4-9(13)8-15-10/h4-5,8,11-12,14H,2-3,6-7H2,1H3. The fraction of sp³-hybridized carbons (Fsp3) is 0.583. The van der Waals surface area contributed by atoms with Gasteiger partial charge in [-0.15, -0.1) is 0 Å². The van der Waals surface area contributed by atoms with Gasteiger partial charge in [0.15, 0.2) is 0 Å². The first-order chi connectivity index (χ1) is 7.79. The zero-order chi connectivity index (χ0) is 11.4. The summed E-state index contributed by atoms with van der Waals surface area (Å²) in [7, 11) is 2.06. The van der Waals surface area contributed by atoms with E-state index in [9.17, 15) is 0 Å². The van der Waals surface area contributed by atoms with E-state index in [1.165, 1.54) is 24.3 Å². The lowest BCUT2D eigenvalue weighted by Crippen LogP contribution is -2.36. The second kappa shape index (κ2) is 6.03. The van der Waals surface area contributed by atoms with Gasteiger partial charge in [-0.25, -0.2) is 0 Å². The van der Waals surface area contributed by atoms with Crippen molar-refractivity contribution in [2.75, 3.05) is 12.8 Å². The summed E-state index contributed by atoms with van der Waals surface area (Å²) < 4.78 is 1.05. The van der Waals surface area contributed by atoms with Crippen LogP contribution < -0.4 is 5.32 Å². The Morgan fingerprint density at radius 2 is 2.50 bits per heavy atom. The van der Waals surface area contributed by atoms with Crippen LogP contribution in [0.5, 0.6) is 0 Å². The van der Waals surface area contributed by atoms with Gasteiger partial charge < -0.3 is 5.32 Å². The Bertz CT molecular complexity index is 322. The summed E-state index contributed by atoms with van der Waals surface area (Å²) in [5, 5.41) is 4.19. The molecule has 1 aromatic rings. The first-order valence-corrected chi connectivity index (χ1v) is 7.53. The minimum atomic E-state index is 0.557. The number of hydrogen-bond acceptors (Lipinski definition) is 3. The lowest BCUT2D eigenvalue weighted by molar-refractivity contribution is 0.519. The van der Waals surface area contributed by atoms with Crippen molar-refractivity contribution in [2.45, 2.75) is 30.6 Å². The van der Waals surface area contributed by atoms with Crippen LogP contribution in [-0.4, -0.2) is 29.1 Å². The predicted molar refractivity (Wildman–Crippen MR) is 74.0 cm³/mol. The van der Waals surface area contributed by atoms with Crippen molar-refractivity contribution in [1.82, 2.24) is 10.3 Å². The second-order valence-electron chi connectivity index (χ2n) is 4.12. The first kappa shape index (κ1) is 12.4. The van der Waals surface area contributed by atoms with Gasteiger partial charge in [0.25, 0.3) is 0 Å². The Labute approximate surface area is 110 Å². The Hall–Kier alpha value is -0.0600. The normalized spacial score (nSPS) is 22.2. The summed E-state index contributed by atoms with van der Waals surface area (Å²) in [4.78, 5) is 4.44. The van der Waals surface area contributed by atoms with Crippen LogP contribution in [0.15, 0.2) is 22.8 Å². The molecule has 2 heterocycles. The van der Waals surface area contributed by atoms with Gasteiger partial charge in [0.2, 0.25) is 0 Å². The van der Waals surface area contributed by atoms with Crippen LogP contribution in [0.4, 0.5) is 0 Å². The zero-order valence-corrected chi connectivity index (χ0v) is 11.9. The fourth-order valence-electron chi connectivity index (χ4n) is 2.09. The van der Waals surface area contributed by atoms with E-state index in [2.05, 4.69) is 57.2 Å². The quantitative estimate of drug-likeness (QED) is 0.925. The maximum absolute atomic E-state index is 4.44. The van der Waals surface area contributed by atoms with Crippen LogP contribution in [0.3, 0.4) is 0 Å². The average Bonchev–Trinajstić information content (AvgIpc) is 2.82. The highest BCUT2D eigenvalue weighted by atomic mass is 79.9. The molecule has 0 aliphatic carbocycles. The van der Waals surface area contributed by atoms with Crippen LogP contribution in [0.1, 0.15) is 18.5 Å². The molecule has 4 heteroatoms. The Kier molecular flexibility index (Phi) is 4.67. The van der Waals surface area contributed by atoms with Crippen LogP contribution in [0.2, 0.25) is 0 Å². The molecule has 2 unspecified atom stereocenters. The van der Waals surface area contributed by atoms with Gasteiger partial charge in [-0.05, 0) is 53.7 Å². The SMILES string of the molecule is CNC(Cc1ccc(Br)cn1)C1CCCS1. The molecule has 1 fully saturated rings. The van der Waals surface area contributed by atoms with Gasteiger partial charge in [-0.1, -0.05) is 0 Å². The molecule has 0 spiro atoms. The minimum absolute atomic E-state index is 0.557. The highest BCUT2D eigenvalue weighted by molar-refractivity contribution is 9.10. The van der Waals surface area contributed by atoms with E-state index in [4.69, 9.17) is 0 Å². The molecule has 1 saturated heterocycles. The average molecular weight is 301 g/mol. The summed E-state index contributed by atoms with van der Waals surface area (Å²) in [5.74, 6) is 1.32. The van der Waals surface area contributed by atoms with Gasteiger partial charge in [0.1, 0.15) is 0 Å². The second-order valence-corrected chi connectivity index (χ2v) is 6.38. The lowest BCUT2D eigenvalue weighted by Gasteiger charge is -2.21. The maximum Gasteiger partial charge on any atom is 0.0420 e. The highest BCUT2D eigenvalue weighted by Gasteiger charge is 2.24. The highest BCUT2D eigenvalue weighted by Crippen LogP contribution is 2.29. The largest absolute Gasteiger partial charge is 0.316 e. The van der Waals surface area contributed by atoms with E-state index in [-0.39, 0.29) is 0 Å². The van der Waals surface area contributed by atoms with Gasteiger partial charge in [0.05, 0.1) is 0 Å². The van der Waals surface area contributed by atoms with E-state index in [1.807, 2.05) is 6.20 Å². The molecule has 0 aromatic carbocycles. The molecule has 16 heavy (non-hydrogen) atoms. The van der Waals surface area contributed by atoms with Crippen molar-refractivity contribution in [3.05, 3.63) is 28.5 Å². The first-order valence-electron chi connectivity index (χ1n) is 5.69. The number of rotatable bonds is 4. The molecule has 88 valence electrons. The van der Waals surface area contributed by atoms with Crippen LogP contribution in [0, 0.1) is 0 Å². The third-order valence-electron chi connectivity index (χ3n) is 3.00. The third-order valence-corrected chi connectivity index (χ3v) is 4.99. The topological polar surface area (TPSA) is 24.9 Å². The van der Waals surface area contributed by atoms with Crippen molar-refractivity contribution in [3.8, 4) is 0 Å². The van der Waals surface area contributed by atoms with Crippen molar-refractivity contribution in [3.63, 3.8) is 0 Å². The van der Waals surface area contributed by atoms with E-state index < -0.39 is 0 Å².